The topological polar surface area (TPSA) is 57.4 Å². The van der Waals surface area contributed by atoms with Crippen LogP contribution in [-0.4, -0.2) is 17.3 Å². The van der Waals surface area contributed by atoms with Crippen LogP contribution in [0, 0.1) is 0 Å². The molecule has 0 aliphatic heterocycles. The van der Waals surface area contributed by atoms with Gasteiger partial charge in [0.15, 0.2) is 5.76 Å². The summed E-state index contributed by atoms with van der Waals surface area (Å²) >= 11 is 0. The van der Waals surface area contributed by atoms with E-state index in [4.69, 9.17) is 14.0 Å². The fraction of sp³-hybridized carbons (Fsp3) is 0.273. The van der Waals surface area contributed by atoms with Gasteiger partial charge in [-0.05, 0) is 12.1 Å². The molecule has 2 heterocycles. The molecule has 0 bridgehead atoms. The maximum Gasteiger partial charge on any atom is 0.162 e. The lowest BCUT2D eigenvalue weighted by Gasteiger charge is -2.01. The molecule has 2 aromatic rings. The summed E-state index contributed by atoms with van der Waals surface area (Å²) in [5.74, 6) is 1.39. The second-order valence-electron chi connectivity index (χ2n) is 3.19. The van der Waals surface area contributed by atoms with Gasteiger partial charge >= 0.3 is 0 Å². The van der Waals surface area contributed by atoms with Gasteiger partial charge in [0.2, 0.25) is 0 Å². The van der Waals surface area contributed by atoms with E-state index in [9.17, 15) is 0 Å². The second-order valence-corrected chi connectivity index (χ2v) is 3.19. The molecule has 2 aromatic heterocycles. The molecule has 0 atom stereocenters. The SMILES string of the molecule is COCc1cc(COc2cccnc2)no1. The molecule has 16 heavy (non-hydrogen) atoms. The normalized spacial score (nSPS) is 10.3. The van der Waals surface area contributed by atoms with Crippen LogP contribution in [0.5, 0.6) is 5.75 Å². The van der Waals surface area contributed by atoms with E-state index >= 15 is 0 Å². The minimum absolute atomic E-state index is 0.360. The van der Waals surface area contributed by atoms with Crippen LogP contribution in [0.1, 0.15) is 11.5 Å². The number of nitrogens with zero attached hydrogens (tertiary/aromatic N) is 2. The summed E-state index contributed by atoms with van der Waals surface area (Å²) in [7, 11) is 1.61. The van der Waals surface area contributed by atoms with Gasteiger partial charge in [0.05, 0.1) is 6.20 Å². The minimum Gasteiger partial charge on any atom is -0.486 e. The Morgan fingerprint density at radius 1 is 1.38 bits per heavy atom. The number of hydrogen-bond donors (Lipinski definition) is 0. The molecule has 0 radical (unpaired) electrons. The molecule has 0 aliphatic carbocycles. The molecule has 0 aliphatic rings. The van der Waals surface area contributed by atoms with E-state index in [1.807, 2.05) is 12.1 Å². The first-order valence-corrected chi connectivity index (χ1v) is 4.84. The predicted molar refractivity (Wildman–Crippen MR) is 55.8 cm³/mol. The van der Waals surface area contributed by atoms with Gasteiger partial charge in [-0.25, -0.2) is 0 Å². The minimum atomic E-state index is 0.360. The number of methoxy groups -OCH3 is 1. The zero-order valence-corrected chi connectivity index (χ0v) is 8.92. The van der Waals surface area contributed by atoms with Gasteiger partial charge in [-0.1, -0.05) is 5.16 Å². The van der Waals surface area contributed by atoms with E-state index in [1.165, 1.54) is 0 Å². The van der Waals surface area contributed by atoms with Crippen LogP contribution in [0.4, 0.5) is 0 Å². The maximum absolute atomic E-state index is 5.46. The van der Waals surface area contributed by atoms with Crippen LogP contribution >= 0.6 is 0 Å². The summed E-state index contributed by atoms with van der Waals surface area (Å²) in [6.07, 6.45) is 3.34. The van der Waals surface area contributed by atoms with E-state index in [-0.39, 0.29) is 0 Å². The van der Waals surface area contributed by atoms with E-state index in [0.717, 1.165) is 5.69 Å². The Labute approximate surface area is 93.0 Å². The summed E-state index contributed by atoms with van der Waals surface area (Å²) < 4.78 is 15.4. The molecular weight excluding hydrogens is 208 g/mol. The van der Waals surface area contributed by atoms with Crippen molar-refractivity contribution in [1.82, 2.24) is 10.1 Å². The monoisotopic (exact) mass is 220 g/mol. The van der Waals surface area contributed by atoms with Crippen molar-refractivity contribution in [1.29, 1.82) is 0 Å². The molecule has 0 saturated heterocycles. The third-order valence-corrected chi connectivity index (χ3v) is 1.92. The number of rotatable bonds is 5. The van der Waals surface area contributed by atoms with Gasteiger partial charge in [0.25, 0.3) is 0 Å². The van der Waals surface area contributed by atoms with Crippen LogP contribution in [0.25, 0.3) is 0 Å². The number of pyridine rings is 1. The molecule has 5 heteroatoms. The number of hydrogen-bond acceptors (Lipinski definition) is 5. The Morgan fingerprint density at radius 2 is 2.31 bits per heavy atom. The van der Waals surface area contributed by atoms with Gasteiger partial charge < -0.3 is 14.0 Å². The molecular formula is C11H12N2O3. The van der Waals surface area contributed by atoms with Crippen LogP contribution in [0.2, 0.25) is 0 Å². The van der Waals surface area contributed by atoms with Crippen LogP contribution in [0.3, 0.4) is 0 Å². The maximum atomic E-state index is 5.46. The highest BCUT2D eigenvalue weighted by molar-refractivity contribution is 5.16. The zero-order chi connectivity index (χ0) is 11.2. The average molecular weight is 220 g/mol. The Balaban J connectivity index is 1.89. The molecule has 0 unspecified atom stereocenters. The van der Waals surface area contributed by atoms with Gasteiger partial charge in [-0.15, -0.1) is 0 Å². The van der Waals surface area contributed by atoms with E-state index in [2.05, 4.69) is 10.1 Å². The first kappa shape index (κ1) is 10.6. The molecule has 2 rings (SSSR count). The van der Waals surface area contributed by atoms with Crippen molar-refractivity contribution >= 4 is 0 Å². The van der Waals surface area contributed by atoms with Crippen LogP contribution < -0.4 is 4.74 Å². The van der Waals surface area contributed by atoms with Crippen molar-refractivity contribution in [3.63, 3.8) is 0 Å². The van der Waals surface area contributed by atoms with Crippen molar-refractivity contribution < 1.29 is 14.0 Å². The van der Waals surface area contributed by atoms with Crippen molar-refractivity contribution in [3.05, 3.63) is 42.0 Å². The molecule has 84 valence electrons. The van der Waals surface area contributed by atoms with E-state index in [0.29, 0.717) is 24.7 Å². The van der Waals surface area contributed by atoms with Gasteiger partial charge in [-0.2, -0.15) is 0 Å². The highest BCUT2D eigenvalue weighted by Crippen LogP contribution is 2.10. The van der Waals surface area contributed by atoms with Gasteiger partial charge in [0, 0.05) is 19.4 Å². The van der Waals surface area contributed by atoms with E-state index in [1.54, 1.807) is 25.6 Å². The summed E-state index contributed by atoms with van der Waals surface area (Å²) in [6.45, 7) is 0.777. The van der Waals surface area contributed by atoms with Crippen molar-refractivity contribution in [2.24, 2.45) is 0 Å². The zero-order valence-electron chi connectivity index (χ0n) is 8.92. The fourth-order valence-electron chi connectivity index (χ4n) is 1.22. The first-order valence-electron chi connectivity index (χ1n) is 4.84. The first-order chi connectivity index (χ1) is 7.88. The Bertz CT molecular complexity index is 428. The number of ether oxygens (including phenoxy) is 2. The molecule has 0 N–H and O–H groups in total. The highest BCUT2D eigenvalue weighted by Gasteiger charge is 2.04. The smallest absolute Gasteiger partial charge is 0.162 e. The summed E-state index contributed by atoms with van der Waals surface area (Å²) in [6, 6.07) is 5.46. The Hall–Kier alpha value is -1.88. The molecule has 0 spiro atoms. The standard InChI is InChI=1S/C11H12N2O3/c1-14-8-11-5-9(13-16-11)7-15-10-3-2-4-12-6-10/h2-6H,7-8H2,1H3. The summed E-state index contributed by atoms with van der Waals surface area (Å²) in [5, 5.41) is 3.85. The van der Waals surface area contributed by atoms with Crippen molar-refractivity contribution in [2.75, 3.05) is 7.11 Å². The number of aromatic nitrogens is 2. The largest absolute Gasteiger partial charge is 0.486 e. The van der Waals surface area contributed by atoms with Crippen LogP contribution in [0.15, 0.2) is 35.1 Å². The predicted octanol–water partition coefficient (Wildman–Crippen LogP) is 1.79. The lowest BCUT2D eigenvalue weighted by atomic mass is 10.4. The Kier molecular flexibility index (Phi) is 3.50. The second kappa shape index (κ2) is 5.27. The Morgan fingerprint density at radius 3 is 3.06 bits per heavy atom. The lowest BCUT2D eigenvalue weighted by molar-refractivity contribution is 0.155. The van der Waals surface area contributed by atoms with Crippen LogP contribution in [-0.2, 0) is 18.0 Å². The van der Waals surface area contributed by atoms with Crippen molar-refractivity contribution in [3.8, 4) is 5.75 Å². The molecule has 0 fully saturated rings. The quantitative estimate of drug-likeness (QED) is 0.768. The lowest BCUT2D eigenvalue weighted by Crippen LogP contribution is -1.95. The molecule has 0 amide bonds. The molecule has 0 saturated carbocycles. The third kappa shape index (κ3) is 2.80. The summed E-state index contributed by atoms with van der Waals surface area (Å²) in [4.78, 5) is 3.94. The highest BCUT2D eigenvalue weighted by atomic mass is 16.5. The summed E-state index contributed by atoms with van der Waals surface area (Å²) in [5.41, 5.74) is 0.732. The van der Waals surface area contributed by atoms with Crippen molar-refractivity contribution in [2.45, 2.75) is 13.2 Å². The fourth-order valence-corrected chi connectivity index (χ4v) is 1.22. The van der Waals surface area contributed by atoms with Gasteiger partial charge in [-0.3, -0.25) is 4.98 Å². The molecule has 5 nitrogen and oxygen atoms in total. The molecule has 0 aromatic carbocycles. The average Bonchev–Trinajstić information content (AvgIpc) is 2.76. The van der Waals surface area contributed by atoms with E-state index < -0.39 is 0 Å². The third-order valence-electron chi connectivity index (χ3n) is 1.92. The van der Waals surface area contributed by atoms with Gasteiger partial charge in [0.1, 0.15) is 24.7 Å².